The molecule has 0 fully saturated rings. The highest BCUT2D eigenvalue weighted by Gasteiger charge is 2.27. The molecule has 130 valence electrons. The van der Waals surface area contributed by atoms with Gasteiger partial charge in [0.15, 0.2) is 5.69 Å². The quantitative estimate of drug-likeness (QED) is 0.644. The molecule has 0 unspecified atom stereocenters. The molecule has 0 bridgehead atoms. The minimum absolute atomic E-state index is 0.141. The molecule has 1 N–H and O–H groups in total. The van der Waals surface area contributed by atoms with Gasteiger partial charge >= 0.3 is 5.97 Å². The van der Waals surface area contributed by atoms with Crippen molar-refractivity contribution < 1.29 is 14.3 Å². The zero-order valence-electron chi connectivity index (χ0n) is 14.0. The fraction of sp³-hybridized carbons (Fsp3) is 0.211. The van der Waals surface area contributed by atoms with E-state index in [1.807, 2.05) is 49.1 Å². The summed E-state index contributed by atoms with van der Waals surface area (Å²) in [5, 5.41) is 10.5. The van der Waals surface area contributed by atoms with Crippen LogP contribution in [-0.2, 0) is 0 Å². The molecule has 0 saturated heterocycles. The van der Waals surface area contributed by atoms with Crippen LogP contribution in [0.15, 0.2) is 46.9 Å². The number of fused-ring (bicyclic) bond motifs is 1. The Morgan fingerprint density at radius 2 is 1.84 bits per heavy atom. The lowest BCUT2D eigenvalue weighted by atomic mass is 10.2. The zero-order chi connectivity index (χ0) is 18.1. The van der Waals surface area contributed by atoms with E-state index in [9.17, 15) is 14.3 Å². The van der Waals surface area contributed by atoms with Crippen molar-refractivity contribution in [3.8, 4) is 5.69 Å². The van der Waals surface area contributed by atoms with Crippen LogP contribution in [0.2, 0.25) is 0 Å². The Morgan fingerprint density at radius 3 is 2.40 bits per heavy atom. The van der Waals surface area contributed by atoms with Crippen molar-refractivity contribution in [1.29, 1.82) is 0 Å². The zero-order valence-corrected chi connectivity index (χ0v) is 15.5. The van der Waals surface area contributed by atoms with Gasteiger partial charge in [-0.1, -0.05) is 18.2 Å². The highest BCUT2D eigenvalue weighted by Crippen LogP contribution is 2.38. The second-order valence-corrected chi connectivity index (χ2v) is 6.48. The van der Waals surface area contributed by atoms with Crippen LogP contribution < -0.4 is 4.90 Å². The normalized spacial score (nSPS) is 11.0. The van der Waals surface area contributed by atoms with Gasteiger partial charge in [0.2, 0.25) is 0 Å². The van der Waals surface area contributed by atoms with Crippen molar-refractivity contribution in [3.05, 3.63) is 58.4 Å². The average molecular weight is 405 g/mol. The summed E-state index contributed by atoms with van der Waals surface area (Å²) in [6, 6.07) is 12.3. The van der Waals surface area contributed by atoms with E-state index >= 15 is 0 Å². The first kappa shape index (κ1) is 17.5. The van der Waals surface area contributed by atoms with Crippen molar-refractivity contribution in [1.82, 2.24) is 4.57 Å². The SMILES string of the molecule is CCN(CC)c1c(C(=O)O)n(-c2ccccc2)c2cc(Br)c(F)cc12. The van der Waals surface area contributed by atoms with E-state index in [0.29, 0.717) is 34.2 Å². The Balaban J connectivity index is 2.51. The lowest BCUT2D eigenvalue weighted by Gasteiger charge is -2.21. The molecule has 0 radical (unpaired) electrons. The Morgan fingerprint density at radius 1 is 1.20 bits per heavy atom. The van der Waals surface area contributed by atoms with E-state index in [1.165, 1.54) is 6.07 Å². The maximum Gasteiger partial charge on any atom is 0.355 e. The summed E-state index contributed by atoms with van der Waals surface area (Å²) in [6.45, 7) is 5.16. The molecule has 0 spiro atoms. The molecule has 0 amide bonds. The molecule has 3 rings (SSSR count). The number of rotatable bonds is 5. The molecular formula is C19H18BrFN2O2. The molecule has 2 aromatic carbocycles. The van der Waals surface area contributed by atoms with Crippen LogP contribution in [0.4, 0.5) is 10.1 Å². The molecule has 1 heterocycles. The number of benzene rings is 2. The standard InChI is InChI=1S/C19H18BrFN2O2/c1-3-22(4-2)17-13-10-15(21)14(20)11-16(13)23(18(17)19(24)25)12-8-6-5-7-9-12/h5-11H,3-4H2,1-2H3,(H,24,25). The van der Waals surface area contributed by atoms with E-state index in [-0.39, 0.29) is 5.69 Å². The van der Waals surface area contributed by atoms with Gasteiger partial charge < -0.3 is 14.6 Å². The number of hydrogen-bond acceptors (Lipinski definition) is 2. The van der Waals surface area contributed by atoms with Crippen LogP contribution in [0.1, 0.15) is 24.3 Å². The number of halogens is 2. The Hall–Kier alpha value is -2.34. The van der Waals surface area contributed by atoms with Gasteiger partial charge in [-0.3, -0.25) is 0 Å². The van der Waals surface area contributed by atoms with E-state index in [0.717, 1.165) is 5.69 Å². The molecule has 3 aromatic rings. The van der Waals surface area contributed by atoms with Gasteiger partial charge in [0, 0.05) is 24.2 Å². The van der Waals surface area contributed by atoms with E-state index < -0.39 is 11.8 Å². The molecule has 0 atom stereocenters. The molecular weight excluding hydrogens is 387 g/mol. The van der Waals surface area contributed by atoms with Crippen LogP contribution in [-0.4, -0.2) is 28.7 Å². The fourth-order valence-corrected chi connectivity index (χ4v) is 3.50. The van der Waals surface area contributed by atoms with Gasteiger partial charge in [-0.15, -0.1) is 0 Å². The number of carboxylic acid groups (broad SMARTS) is 1. The van der Waals surface area contributed by atoms with Gasteiger partial charge in [-0.25, -0.2) is 9.18 Å². The minimum atomic E-state index is -1.04. The van der Waals surface area contributed by atoms with Gasteiger partial charge in [-0.05, 0) is 54.0 Å². The van der Waals surface area contributed by atoms with Gasteiger partial charge in [-0.2, -0.15) is 0 Å². The predicted molar refractivity (Wildman–Crippen MR) is 101 cm³/mol. The monoisotopic (exact) mass is 404 g/mol. The van der Waals surface area contributed by atoms with Gasteiger partial charge in [0.1, 0.15) is 5.82 Å². The highest BCUT2D eigenvalue weighted by atomic mass is 79.9. The molecule has 0 aliphatic carbocycles. The van der Waals surface area contributed by atoms with Crippen LogP contribution in [0.25, 0.3) is 16.6 Å². The number of para-hydroxylation sites is 1. The summed E-state index contributed by atoms with van der Waals surface area (Å²) < 4.78 is 16.2. The average Bonchev–Trinajstić information content (AvgIpc) is 2.92. The molecule has 1 aromatic heterocycles. The number of nitrogens with zero attached hydrogens (tertiary/aromatic N) is 2. The second kappa shape index (κ2) is 6.88. The Kier molecular flexibility index (Phi) is 4.81. The third-order valence-corrected chi connectivity index (χ3v) is 4.89. The largest absolute Gasteiger partial charge is 0.476 e. The lowest BCUT2D eigenvalue weighted by molar-refractivity contribution is 0.0689. The summed E-state index contributed by atoms with van der Waals surface area (Å²) in [4.78, 5) is 14.1. The summed E-state index contributed by atoms with van der Waals surface area (Å²) in [5.74, 6) is -1.46. The smallest absolute Gasteiger partial charge is 0.355 e. The van der Waals surface area contributed by atoms with Crippen molar-refractivity contribution >= 4 is 38.5 Å². The first-order valence-corrected chi connectivity index (χ1v) is 8.86. The molecule has 0 aliphatic heterocycles. The van der Waals surface area contributed by atoms with Crippen LogP contribution in [0.3, 0.4) is 0 Å². The van der Waals surface area contributed by atoms with E-state index in [1.54, 1.807) is 10.6 Å². The molecule has 25 heavy (non-hydrogen) atoms. The number of carboxylic acids is 1. The number of aromatic nitrogens is 1. The summed E-state index contributed by atoms with van der Waals surface area (Å²) in [6.07, 6.45) is 0. The van der Waals surface area contributed by atoms with Crippen molar-refractivity contribution in [3.63, 3.8) is 0 Å². The maximum absolute atomic E-state index is 14.2. The first-order valence-electron chi connectivity index (χ1n) is 8.06. The van der Waals surface area contributed by atoms with E-state index in [4.69, 9.17) is 0 Å². The Bertz CT molecular complexity index is 934. The lowest BCUT2D eigenvalue weighted by Crippen LogP contribution is -2.24. The fourth-order valence-electron chi connectivity index (χ4n) is 3.17. The minimum Gasteiger partial charge on any atom is -0.476 e. The third-order valence-electron chi connectivity index (χ3n) is 4.28. The summed E-state index contributed by atoms with van der Waals surface area (Å²) in [5.41, 5.74) is 2.06. The van der Waals surface area contributed by atoms with Crippen LogP contribution in [0, 0.1) is 5.82 Å². The molecule has 6 heteroatoms. The number of hydrogen-bond donors (Lipinski definition) is 1. The molecule has 4 nitrogen and oxygen atoms in total. The van der Waals surface area contributed by atoms with Gasteiger partial charge in [0.25, 0.3) is 0 Å². The predicted octanol–water partition coefficient (Wildman–Crippen LogP) is 5.08. The third kappa shape index (κ3) is 2.91. The Labute approximate surface area is 153 Å². The summed E-state index contributed by atoms with van der Waals surface area (Å²) in [7, 11) is 0. The molecule has 0 saturated carbocycles. The summed E-state index contributed by atoms with van der Waals surface area (Å²) >= 11 is 3.22. The van der Waals surface area contributed by atoms with Crippen molar-refractivity contribution in [2.75, 3.05) is 18.0 Å². The van der Waals surface area contributed by atoms with Crippen molar-refractivity contribution in [2.45, 2.75) is 13.8 Å². The maximum atomic E-state index is 14.2. The topological polar surface area (TPSA) is 45.5 Å². The number of anilines is 1. The van der Waals surface area contributed by atoms with Gasteiger partial charge in [0.05, 0.1) is 15.7 Å². The second-order valence-electron chi connectivity index (χ2n) is 5.63. The highest BCUT2D eigenvalue weighted by molar-refractivity contribution is 9.10. The number of carbonyl (C=O) groups is 1. The van der Waals surface area contributed by atoms with Crippen LogP contribution >= 0.6 is 15.9 Å². The first-order chi connectivity index (χ1) is 12.0. The van der Waals surface area contributed by atoms with Crippen LogP contribution in [0.5, 0.6) is 0 Å². The number of aromatic carboxylic acids is 1. The van der Waals surface area contributed by atoms with Crippen molar-refractivity contribution in [2.24, 2.45) is 0 Å². The van der Waals surface area contributed by atoms with E-state index in [2.05, 4.69) is 15.9 Å². The molecule has 0 aliphatic rings.